The fourth-order valence-corrected chi connectivity index (χ4v) is 1.97. The number of phenols is 1. The molecule has 0 unspecified atom stereocenters. The standard InChI is InChI=1S/C13H10Cl2N2O2/c1-7-4-5-16-12(15)11(7)17-13(19)9-3-2-8(14)6-10(9)18/h2-6,18H,1H3,(H,17,19). The molecule has 1 amide bonds. The lowest BCUT2D eigenvalue weighted by atomic mass is 10.1. The molecule has 19 heavy (non-hydrogen) atoms. The van der Waals surface area contributed by atoms with Crippen molar-refractivity contribution in [1.29, 1.82) is 0 Å². The van der Waals surface area contributed by atoms with E-state index in [1.165, 1.54) is 18.2 Å². The van der Waals surface area contributed by atoms with E-state index >= 15 is 0 Å². The van der Waals surface area contributed by atoms with E-state index < -0.39 is 5.91 Å². The highest BCUT2D eigenvalue weighted by Crippen LogP contribution is 2.26. The van der Waals surface area contributed by atoms with Gasteiger partial charge in [0.05, 0.1) is 11.3 Å². The Morgan fingerprint density at radius 3 is 2.68 bits per heavy atom. The van der Waals surface area contributed by atoms with Crippen LogP contribution >= 0.6 is 23.2 Å². The number of nitrogens with one attached hydrogen (secondary N) is 1. The maximum Gasteiger partial charge on any atom is 0.259 e. The van der Waals surface area contributed by atoms with Gasteiger partial charge in [-0.1, -0.05) is 23.2 Å². The third kappa shape index (κ3) is 2.97. The van der Waals surface area contributed by atoms with Crippen LogP contribution in [0, 0.1) is 6.92 Å². The minimum absolute atomic E-state index is 0.115. The molecule has 1 heterocycles. The molecule has 1 aromatic heterocycles. The summed E-state index contributed by atoms with van der Waals surface area (Å²) in [5.74, 6) is -0.671. The molecule has 0 aliphatic rings. The first-order valence-electron chi connectivity index (χ1n) is 5.40. The second-order valence-corrected chi connectivity index (χ2v) is 4.70. The van der Waals surface area contributed by atoms with E-state index in [0.717, 1.165) is 5.56 Å². The summed E-state index contributed by atoms with van der Waals surface area (Å²) in [6.45, 7) is 1.80. The molecule has 0 radical (unpaired) electrons. The Kier molecular flexibility index (Phi) is 3.93. The molecule has 0 atom stereocenters. The number of amides is 1. The molecule has 0 saturated carbocycles. The number of rotatable bonds is 2. The molecule has 6 heteroatoms. The quantitative estimate of drug-likeness (QED) is 0.832. The molecule has 2 N–H and O–H groups in total. The predicted molar refractivity (Wildman–Crippen MR) is 75.1 cm³/mol. The zero-order valence-corrected chi connectivity index (χ0v) is 11.5. The number of nitrogens with zero attached hydrogens (tertiary/aromatic N) is 1. The number of anilines is 1. The van der Waals surface area contributed by atoms with Gasteiger partial charge in [0.15, 0.2) is 5.15 Å². The molecule has 0 saturated heterocycles. The number of pyridine rings is 1. The lowest BCUT2D eigenvalue weighted by molar-refractivity contribution is 0.102. The van der Waals surface area contributed by atoms with E-state index in [2.05, 4.69) is 10.3 Å². The molecular weight excluding hydrogens is 287 g/mol. The molecule has 1 aromatic carbocycles. The van der Waals surface area contributed by atoms with Crippen LogP contribution in [0.3, 0.4) is 0 Å². The van der Waals surface area contributed by atoms with Gasteiger partial charge >= 0.3 is 0 Å². The topological polar surface area (TPSA) is 62.2 Å². The second kappa shape index (κ2) is 5.47. The normalized spacial score (nSPS) is 10.3. The fraction of sp³-hybridized carbons (Fsp3) is 0.0769. The van der Waals surface area contributed by atoms with Crippen molar-refractivity contribution < 1.29 is 9.90 Å². The summed E-state index contributed by atoms with van der Waals surface area (Å²) in [4.78, 5) is 15.9. The second-order valence-electron chi connectivity index (χ2n) is 3.91. The first-order chi connectivity index (χ1) is 8.99. The molecular formula is C13H10Cl2N2O2. The molecule has 0 fully saturated rings. The highest BCUT2D eigenvalue weighted by Gasteiger charge is 2.14. The Balaban J connectivity index is 2.31. The number of aromatic nitrogens is 1. The van der Waals surface area contributed by atoms with Crippen molar-refractivity contribution in [2.75, 3.05) is 5.32 Å². The molecule has 0 bridgehead atoms. The van der Waals surface area contributed by atoms with Crippen molar-refractivity contribution in [2.24, 2.45) is 0 Å². The molecule has 0 spiro atoms. The average Bonchev–Trinajstić information content (AvgIpc) is 2.33. The monoisotopic (exact) mass is 296 g/mol. The smallest absolute Gasteiger partial charge is 0.259 e. The summed E-state index contributed by atoms with van der Waals surface area (Å²) >= 11 is 11.6. The molecule has 0 aliphatic carbocycles. The van der Waals surface area contributed by atoms with Crippen LogP contribution in [0.4, 0.5) is 5.69 Å². The first kappa shape index (κ1) is 13.6. The van der Waals surface area contributed by atoms with E-state index in [0.29, 0.717) is 10.7 Å². The van der Waals surface area contributed by atoms with Gasteiger partial charge in [0.25, 0.3) is 5.91 Å². The summed E-state index contributed by atoms with van der Waals surface area (Å²) in [7, 11) is 0. The number of phenolic OH excluding ortho intramolecular Hbond substituents is 1. The van der Waals surface area contributed by atoms with E-state index in [-0.39, 0.29) is 16.5 Å². The van der Waals surface area contributed by atoms with Crippen LogP contribution < -0.4 is 5.32 Å². The first-order valence-corrected chi connectivity index (χ1v) is 6.15. The van der Waals surface area contributed by atoms with Crippen LogP contribution in [-0.2, 0) is 0 Å². The van der Waals surface area contributed by atoms with Crippen LogP contribution in [0.2, 0.25) is 10.2 Å². The van der Waals surface area contributed by atoms with Crippen molar-refractivity contribution in [3.05, 3.63) is 51.8 Å². The number of carbonyl (C=O) groups excluding carboxylic acids is 1. The lowest BCUT2D eigenvalue weighted by Crippen LogP contribution is -2.13. The molecule has 2 aromatic rings. The maximum atomic E-state index is 12.1. The van der Waals surface area contributed by atoms with Gasteiger partial charge in [-0.3, -0.25) is 4.79 Å². The lowest BCUT2D eigenvalue weighted by Gasteiger charge is -2.10. The Bertz CT molecular complexity index is 624. The molecule has 2 rings (SSSR count). The van der Waals surface area contributed by atoms with Gasteiger partial charge in [-0.15, -0.1) is 0 Å². The van der Waals surface area contributed by atoms with Gasteiger partial charge in [-0.25, -0.2) is 4.98 Å². The number of aryl methyl sites for hydroxylation is 1. The van der Waals surface area contributed by atoms with E-state index in [4.69, 9.17) is 23.2 Å². The summed E-state index contributed by atoms with van der Waals surface area (Å²) in [6.07, 6.45) is 1.55. The van der Waals surface area contributed by atoms with E-state index in [9.17, 15) is 9.90 Å². The third-order valence-corrected chi connectivity index (χ3v) is 3.08. The van der Waals surface area contributed by atoms with Gasteiger partial charge < -0.3 is 10.4 Å². The summed E-state index contributed by atoms with van der Waals surface area (Å²) < 4.78 is 0. The van der Waals surface area contributed by atoms with Crippen molar-refractivity contribution in [2.45, 2.75) is 6.92 Å². The van der Waals surface area contributed by atoms with Crippen molar-refractivity contribution in [3.8, 4) is 5.75 Å². The van der Waals surface area contributed by atoms with Gasteiger partial charge in [0.1, 0.15) is 5.75 Å². The number of halogens is 2. The number of hydrogen-bond donors (Lipinski definition) is 2. The van der Waals surface area contributed by atoms with Crippen LogP contribution in [0.15, 0.2) is 30.5 Å². The zero-order chi connectivity index (χ0) is 14.0. The summed E-state index contributed by atoms with van der Waals surface area (Å²) in [5, 5.41) is 12.9. The summed E-state index contributed by atoms with van der Waals surface area (Å²) in [6, 6.07) is 5.98. The van der Waals surface area contributed by atoms with Gasteiger partial charge in [0.2, 0.25) is 0 Å². The van der Waals surface area contributed by atoms with Crippen molar-refractivity contribution in [3.63, 3.8) is 0 Å². The number of aromatic hydroxyl groups is 1. The fourth-order valence-electron chi connectivity index (χ4n) is 1.55. The SMILES string of the molecule is Cc1ccnc(Cl)c1NC(=O)c1ccc(Cl)cc1O. The Labute approximate surface area is 120 Å². The highest BCUT2D eigenvalue weighted by atomic mass is 35.5. The highest BCUT2D eigenvalue weighted by molar-refractivity contribution is 6.33. The van der Waals surface area contributed by atoms with Gasteiger partial charge in [0, 0.05) is 11.2 Å². The average molecular weight is 297 g/mol. The molecule has 4 nitrogen and oxygen atoms in total. The minimum Gasteiger partial charge on any atom is -0.507 e. The van der Waals surface area contributed by atoms with Crippen LogP contribution in [-0.4, -0.2) is 16.0 Å². The number of benzene rings is 1. The zero-order valence-electron chi connectivity index (χ0n) is 9.95. The molecule has 98 valence electrons. The molecule has 0 aliphatic heterocycles. The van der Waals surface area contributed by atoms with Crippen molar-refractivity contribution in [1.82, 2.24) is 4.98 Å². The third-order valence-electron chi connectivity index (χ3n) is 2.56. The Morgan fingerprint density at radius 1 is 1.32 bits per heavy atom. The largest absolute Gasteiger partial charge is 0.507 e. The van der Waals surface area contributed by atoms with Gasteiger partial charge in [-0.2, -0.15) is 0 Å². The van der Waals surface area contributed by atoms with E-state index in [1.54, 1.807) is 19.2 Å². The summed E-state index contributed by atoms with van der Waals surface area (Å²) in [5.41, 5.74) is 1.31. The van der Waals surface area contributed by atoms with E-state index in [1.807, 2.05) is 0 Å². The Morgan fingerprint density at radius 2 is 2.05 bits per heavy atom. The Hall–Kier alpha value is -1.78. The predicted octanol–water partition coefficient (Wildman–Crippen LogP) is 3.65. The maximum absolute atomic E-state index is 12.1. The van der Waals surface area contributed by atoms with Crippen LogP contribution in [0.1, 0.15) is 15.9 Å². The van der Waals surface area contributed by atoms with Crippen LogP contribution in [0.25, 0.3) is 0 Å². The van der Waals surface area contributed by atoms with Crippen LogP contribution in [0.5, 0.6) is 5.75 Å². The van der Waals surface area contributed by atoms with Crippen molar-refractivity contribution >= 4 is 34.8 Å². The minimum atomic E-state index is -0.479. The van der Waals surface area contributed by atoms with Gasteiger partial charge in [-0.05, 0) is 36.8 Å². The number of hydrogen-bond acceptors (Lipinski definition) is 3. The number of carbonyl (C=O) groups is 1.